The van der Waals surface area contributed by atoms with Gasteiger partial charge in [-0.2, -0.15) is 0 Å². The fraction of sp³-hybridized carbons (Fsp3) is 0.525. The molecular formula is C40H54O10P2. The number of fused-ring (bicyclic) bond motifs is 2. The molecule has 3 aromatic carbocycles. The highest BCUT2D eigenvalue weighted by Crippen LogP contribution is 2.64. The third kappa shape index (κ3) is 8.14. The van der Waals surface area contributed by atoms with Gasteiger partial charge in [-0.25, -0.2) is 4.79 Å². The second-order valence-corrected chi connectivity index (χ2v) is 23.6. The summed E-state index contributed by atoms with van der Waals surface area (Å²) >= 11 is 0. The van der Waals surface area contributed by atoms with Gasteiger partial charge in [0.25, 0.3) is 0 Å². The van der Waals surface area contributed by atoms with Crippen molar-refractivity contribution >= 4 is 31.0 Å². The Hall–Kier alpha value is -3.61. The first-order chi connectivity index (χ1) is 24.2. The molecule has 1 fully saturated rings. The Morgan fingerprint density at radius 1 is 0.865 bits per heavy atom. The predicted molar refractivity (Wildman–Crippen MR) is 204 cm³/mol. The van der Waals surface area contributed by atoms with E-state index < -0.39 is 30.8 Å². The third-order valence-electron chi connectivity index (χ3n) is 10.4. The zero-order valence-electron chi connectivity index (χ0n) is 31.8. The summed E-state index contributed by atoms with van der Waals surface area (Å²) < 4.78 is 55.0. The Morgan fingerprint density at radius 2 is 1.46 bits per heavy atom. The lowest BCUT2D eigenvalue weighted by molar-refractivity contribution is -0.0137. The lowest BCUT2D eigenvalue weighted by Crippen LogP contribution is -2.36. The molecule has 284 valence electrons. The number of carbonyl (C=O) groups excluding carboxylic acids is 1. The SMILES string of the molecule is CC(C)(C)P1(=O)COc2cc(O)cc(OCc3ccccc3)c21.CC(C)[C@H]1CC[C@H](C)CC1OC(=O)Oc1cc(O)c2c(c1)OCP2(=O)C(C)(C)C. The minimum atomic E-state index is -2.93. The van der Waals surface area contributed by atoms with Crippen LogP contribution in [0.2, 0.25) is 0 Å². The molecule has 0 saturated heterocycles. The number of aromatic hydroxyl groups is 2. The summed E-state index contributed by atoms with van der Waals surface area (Å²) in [5, 5.41) is 20.4. The number of hydrogen-bond donors (Lipinski definition) is 2. The molecule has 52 heavy (non-hydrogen) atoms. The van der Waals surface area contributed by atoms with E-state index >= 15 is 0 Å². The fourth-order valence-electron chi connectivity index (χ4n) is 6.98. The van der Waals surface area contributed by atoms with Gasteiger partial charge >= 0.3 is 6.16 Å². The van der Waals surface area contributed by atoms with Crippen molar-refractivity contribution in [3.63, 3.8) is 0 Å². The Labute approximate surface area is 307 Å². The van der Waals surface area contributed by atoms with Crippen LogP contribution in [-0.2, 0) is 20.5 Å². The van der Waals surface area contributed by atoms with Crippen molar-refractivity contribution in [3.8, 4) is 34.5 Å². The molecular weight excluding hydrogens is 702 g/mol. The van der Waals surface area contributed by atoms with Gasteiger partial charge < -0.3 is 43.0 Å². The average Bonchev–Trinajstić information content (AvgIpc) is 3.58. The highest BCUT2D eigenvalue weighted by Gasteiger charge is 2.48. The summed E-state index contributed by atoms with van der Waals surface area (Å²) in [5.74, 6) is 2.45. The number of benzene rings is 3. The molecule has 2 aliphatic heterocycles. The molecule has 1 aliphatic carbocycles. The lowest BCUT2D eigenvalue weighted by atomic mass is 9.75. The molecule has 5 atom stereocenters. The van der Waals surface area contributed by atoms with Gasteiger partial charge in [-0.1, -0.05) is 99.1 Å². The molecule has 2 heterocycles. The molecule has 3 aromatic rings. The number of hydrogen-bond acceptors (Lipinski definition) is 10. The van der Waals surface area contributed by atoms with Crippen LogP contribution in [-0.4, -0.2) is 45.5 Å². The topological polar surface area (TPSA) is 138 Å². The van der Waals surface area contributed by atoms with E-state index in [0.717, 1.165) is 24.8 Å². The van der Waals surface area contributed by atoms with Crippen LogP contribution < -0.4 is 29.6 Å². The maximum absolute atomic E-state index is 13.5. The van der Waals surface area contributed by atoms with E-state index in [-0.39, 0.29) is 36.0 Å². The van der Waals surface area contributed by atoms with Gasteiger partial charge in [0.05, 0.1) is 10.6 Å². The van der Waals surface area contributed by atoms with Crippen LogP contribution in [0, 0.1) is 17.8 Å². The summed E-state index contributed by atoms with van der Waals surface area (Å²) in [7, 11) is -5.72. The van der Waals surface area contributed by atoms with Gasteiger partial charge in [-0.15, -0.1) is 0 Å². The Bertz CT molecular complexity index is 1860. The molecule has 1 saturated carbocycles. The number of carbonyl (C=O) groups is 1. The average molecular weight is 757 g/mol. The van der Waals surface area contributed by atoms with Crippen molar-refractivity contribution in [1.29, 1.82) is 0 Å². The molecule has 0 bridgehead atoms. The molecule has 0 aromatic heterocycles. The maximum Gasteiger partial charge on any atom is 0.514 e. The van der Waals surface area contributed by atoms with Gasteiger partial charge in [-0.05, 0) is 36.2 Å². The van der Waals surface area contributed by atoms with Crippen LogP contribution in [0.3, 0.4) is 0 Å². The molecule has 6 rings (SSSR count). The van der Waals surface area contributed by atoms with E-state index in [0.29, 0.717) is 52.2 Å². The number of phenols is 2. The smallest absolute Gasteiger partial charge is 0.508 e. The Balaban J connectivity index is 0.000000206. The third-order valence-corrected chi connectivity index (χ3v) is 18.0. The second-order valence-electron chi connectivity index (χ2n) is 16.6. The van der Waals surface area contributed by atoms with Gasteiger partial charge in [0, 0.05) is 34.6 Å². The van der Waals surface area contributed by atoms with Crippen LogP contribution in [0.4, 0.5) is 4.79 Å². The number of rotatable bonds is 6. The lowest BCUT2D eigenvalue weighted by Gasteiger charge is -2.36. The van der Waals surface area contributed by atoms with E-state index in [2.05, 4.69) is 20.8 Å². The molecule has 12 heteroatoms. The minimum absolute atomic E-state index is 0.0311. The molecule has 3 aliphatic rings. The number of phenolic OH excluding ortho intramolecular Hbond substituents is 2. The van der Waals surface area contributed by atoms with E-state index in [1.165, 1.54) is 24.3 Å². The van der Waals surface area contributed by atoms with Crippen LogP contribution in [0.15, 0.2) is 54.6 Å². The van der Waals surface area contributed by atoms with Crippen LogP contribution in [0.1, 0.15) is 87.1 Å². The van der Waals surface area contributed by atoms with Crippen molar-refractivity contribution in [1.82, 2.24) is 0 Å². The van der Waals surface area contributed by atoms with Crippen molar-refractivity contribution in [2.24, 2.45) is 17.8 Å². The zero-order chi connectivity index (χ0) is 38.2. The fourth-order valence-corrected chi connectivity index (χ4v) is 11.9. The first-order valence-electron chi connectivity index (χ1n) is 18.0. The Morgan fingerprint density at radius 3 is 2.06 bits per heavy atom. The van der Waals surface area contributed by atoms with Gasteiger partial charge in [0.15, 0.2) is 14.3 Å². The van der Waals surface area contributed by atoms with Gasteiger partial charge in [0.2, 0.25) is 0 Å². The van der Waals surface area contributed by atoms with Gasteiger partial charge in [0.1, 0.15) is 59.9 Å². The molecule has 3 unspecified atom stereocenters. The van der Waals surface area contributed by atoms with E-state index in [1.54, 1.807) is 0 Å². The van der Waals surface area contributed by atoms with Crippen LogP contribution in [0.25, 0.3) is 0 Å². The quantitative estimate of drug-likeness (QED) is 0.142. The second kappa shape index (κ2) is 15.0. The molecule has 0 spiro atoms. The van der Waals surface area contributed by atoms with Crippen molar-refractivity contribution in [2.45, 2.75) is 105 Å². The first-order valence-corrected chi connectivity index (χ1v) is 21.8. The molecule has 2 N–H and O–H groups in total. The molecule has 0 radical (unpaired) electrons. The minimum Gasteiger partial charge on any atom is -0.508 e. The normalized spacial score (nSPS) is 25.2. The highest BCUT2D eigenvalue weighted by atomic mass is 31.2. The largest absolute Gasteiger partial charge is 0.514 e. The summed E-state index contributed by atoms with van der Waals surface area (Å²) in [6.07, 6.45) is 2.22. The van der Waals surface area contributed by atoms with Crippen molar-refractivity contribution in [3.05, 3.63) is 60.2 Å². The first kappa shape index (κ1) is 39.6. The van der Waals surface area contributed by atoms with E-state index in [4.69, 9.17) is 23.7 Å². The standard InChI is InChI=1S/C22H33O6P.C18H21O4P/c1-13(2)16-8-7-14(3)9-18(16)28-21(24)27-15-10-17(23)20-19(11-15)26-12-29(20,25)22(4,5)6;1-18(2,3)23(20)12-22-16-10-14(19)9-15(17(16)23)21-11-13-7-5-4-6-8-13/h10-11,13-14,16,18,23H,7-9,12H2,1-6H3;4-10,19H,11-12H2,1-3H3/t14-,16+,18?,29?;/m0./s1. The van der Waals surface area contributed by atoms with Crippen molar-refractivity contribution in [2.75, 3.05) is 12.7 Å². The van der Waals surface area contributed by atoms with E-state index in [1.807, 2.05) is 71.9 Å². The Kier molecular flexibility index (Phi) is 11.4. The number of ether oxygens (including phenoxy) is 5. The van der Waals surface area contributed by atoms with Crippen molar-refractivity contribution < 1.29 is 47.8 Å². The summed E-state index contributed by atoms with van der Waals surface area (Å²) in [6.45, 7) is 18.2. The van der Waals surface area contributed by atoms with E-state index in [9.17, 15) is 24.1 Å². The molecule has 0 amide bonds. The monoisotopic (exact) mass is 756 g/mol. The highest BCUT2D eigenvalue weighted by molar-refractivity contribution is 7.74. The predicted octanol–water partition coefficient (Wildman–Crippen LogP) is 9.61. The van der Waals surface area contributed by atoms with Crippen LogP contribution in [0.5, 0.6) is 34.5 Å². The molecule has 10 nitrogen and oxygen atoms in total. The summed E-state index contributed by atoms with van der Waals surface area (Å²) in [6, 6.07) is 15.6. The zero-order valence-corrected chi connectivity index (χ0v) is 33.6. The summed E-state index contributed by atoms with van der Waals surface area (Å²) in [4.78, 5) is 12.4. The summed E-state index contributed by atoms with van der Waals surface area (Å²) in [5.41, 5.74) is 1.01. The maximum atomic E-state index is 13.5. The van der Waals surface area contributed by atoms with Gasteiger partial charge in [-0.3, -0.25) is 0 Å². The van der Waals surface area contributed by atoms with Crippen LogP contribution >= 0.6 is 14.3 Å².